The number of nitrogens with zero attached hydrogens (tertiary/aromatic N) is 2. The van der Waals surface area contributed by atoms with Gasteiger partial charge < -0.3 is 18.9 Å². The van der Waals surface area contributed by atoms with Crippen molar-refractivity contribution in [3.8, 4) is 0 Å². The molecule has 0 atom stereocenters. The van der Waals surface area contributed by atoms with Crippen molar-refractivity contribution in [3.05, 3.63) is 62.1 Å². The molecule has 41 heavy (non-hydrogen) atoms. The first kappa shape index (κ1) is 29.3. The summed E-state index contributed by atoms with van der Waals surface area (Å²) in [5.74, 6) is -2.54. The molecule has 0 spiro atoms. The summed E-state index contributed by atoms with van der Waals surface area (Å²) in [5.41, 5.74) is 2.61. The maximum Gasteiger partial charge on any atom is 0.346 e. The van der Waals surface area contributed by atoms with Crippen LogP contribution in [0, 0.1) is 0 Å². The number of rotatable bonds is 6. The van der Waals surface area contributed by atoms with Crippen molar-refractivity contribution in [1.82, 2.24) is 9.97 Å². The number of benzene rings is 1. The second-order valence-electron chi connectivity index (χ2n) is 7.86. The number of thiophene rings is 1. The van der Waals surface area contributed by atoms with Gasteiger partial charge in [-0.2, -0.15) is 0 Å². The van der Waals surface area contributed by atoms with E-state index >= 15 is 0 Å². The van der Waals surface area contributed by atoms with E-state index < -0.39 is 23.9 Å². The first-order valence-electron chi connectivity index (χ1n) is 11.4. The van der Waals surface area contributed by atoms with Crippen molar-refractivity contribution in [2.75, 3.05) is 28.4 Å². The number of fused-ring (bicyclic) bond motifs is 2. The molecule has 0 bridgehead atoms. The van der Waals surface area contributed by atoms with Crippen LogP contribution >= 0.6 is 58.4 Å². The lowest BCUT2D eigenvalue weighted by molar-refractivity contribution is -0.138. The van der Waals surface area contributed by atoms with E-state index in [4.69, 9.17) is 28.9 Å². The molecule has 210 valence electrons. The van der Waals surface area contributed by atoms with Crippen LogP contribution in [-0.4, -0.2) is 62.3 Å². The van der Waals surface area contributed by atoms with E-state index in [2.05, 4.69) is 0 Å². The molecule has 0 amide bonds. The van der Waals surface area contributed by atoms with E-state index in [9.17, 15) is 19.2 Å². The zero-order valence-electron chi connectivity index (χ0n) is 21.7. The number of hydrogen-bond acceptors (Lipinski definition) is 15. The Morgan fingerprint density at radius 2 is 0.902 bits per heavy atom. The highest BCUT2D eigenvalue weighted by Gasteiger charge is 2.34. The highest BCUT2D eigenvalue weighted by molar-refractivity contribution is 8.30. The molecule has 1 aromatic carbocycles. The third-order valence-corrected chi connectivity index (χ3v) is 11.4. The fourth-order valence-corrected chi connectivity index (χ4v) is 9.71. The topological polar surface area (TPSA) is 131 Å². The van der Waals surface area contributed by atoms with E-state index in [0.717, 1.165) is 56.8 Å². The number of methoxy groups -OCH3 is 4. The largest absolute Gasteiger partial charge is 0.465 e. The third kappa shape index (κ3) is 5.77. The second kappa shape index (κ2) is 12.3. The number of ether oxygens (including phenoxy) is 4. The van der Waals surface area contributed by atoms with Gasteiger partial charge in [-0.05, 0) is 24.3 Å². The van der Waals surface area contributed by atoms with Gasteiger partial charge >= 0.3 is 23.9 Å². The van der Waals surface area contributed by atoms with Gasteiger partial charge in [-0.3, -0.25) is 0 Å². The van der Waals surface area contributed by atoms with Crippen LogP contribution in [0.1, 0.15) is 9.75 Å². The molecule has 4 heterocycles. The maximum absolute atomic E-state index is 12.3. The fourth-order valence-electron chi connectivity index (χ4n) is 3.62. The lowest BCUT2D eigenvalue weighted by Crippen LogP contribution is -2.08. The summed E-state index contributed by atoms with van der Waals surface area (Å²) in [7, 11) is 4.98. The van der Waals surface area contributed by atoms with Gasteiger partial charge in [0.2, 0.25) is 0 Å². The second-order valence-corrected chi connectivity index (χ2v) is 13.7. The van der Waals surface area contributed by atoms with Crippen LogP contribution in [-0.2, 0) is 38.1 Å². The number of carbonyl (C=O) groups is 4. The minimum absolute atomic E-state index is 0.144. The quantitative estimate of drug-likeness (QED) is 0.246. The van der Waals surface area contributed by atoms with Gasteiger partial charge in [0.25, 0.3) is 0 Å². The highest BCUT2D eigenvalue weighted by Crippen LogP contribution is 2.53. The standard InChI is InChI=1S/C26H18N2O8S5/c1-33-23(29)19-20(24(30)34-2)39-15(38-19)9-13-17-18(28-12-8-6-5-7-11(12)27-17)14(37-13)10-16-40-21(25(31)35-3)22(41-16)26(32)36-4/h5-10H,1-4H3. The van der Waals surface area contributed by atoms with Crippen LogP contribution in [0.4, 0.5) is 0 Å². The average Bonchev–Trinajstić information content (AvgIpc) is 3.70. The number of carbonyl (C=O) groups excluding carboxylic acids is 4. The van der Waals surface area contributed by atoms with Crippen molar-refractivity contribution in [2.45, 2.75) is 0 Å². The lowest BCUT2D eigenvalue weighted by atomic mass is 10.2. The zero-order chi connectivity index (χ0) is 29.3. The van der Waals surface area contributed by atoms with Crippen LogP contribution < -0.4 is 0 Å². The molecule has 0 saturated heterocycles. The summed E-state index contributed by atoms with van der Waals surface area (Å²) in [6.07, 6.45) is 3.67. The first-order chi connectivity index (χ1) is 19.8. The Labute approximate surface area is 254 Å². The predicted molar refractivity (Wildman–Crippen MR) is 163 cm³/mol. The molecule has 0 fully saturated rings. The first-order valence-corrected chi connectivity index (χ1v) is 15.5. The van der Waals surface area contributed by atoms with Gasteiger partial charge in [0.15, 0.2) is 0 Å². The normalized spacial score (nSPS) is 15.0. The minimum Gasteiger partial charge on any atom is -0.465 e. The van der Waals surface area contributed by atoms with Crippen LogP contribution in [0.5, 0.6) is 0 Å². The SMILES string of the molecule is COC(=O)C1=C(C(=O)OC)SC(=Cc2sc(C=C3SC(C(=O)OC)=C(C(=O)OC)S3)c3nc4ccccc4nc23)S1. The summed E-state index contributed by atoms with van der Waals surface area (Å²) in [4.78, 5) is 61.1. The molecule has 0 N–H and O–H groups in total. The number of hydrogen-bond donors (Lipinski definition) is 0. The van der Waals surface area contributed by atoms with Crippen molar-refractivity contribution < 1.29 is 38.1 Å². The molecule has 2 aliphatic heterocycles. The number of esters is 4. The van der Waals surface area contributed by atoms with Gasteiger partial charge in [0.1, 0.15) is 30.7 Å². The van der Waals surface area contributed by atoms with Crippen molar-refractivity contribution in [2.24, 2.45) is 0 Å². The Morgan fingerprint density at radius 1 is 0.585 bits per heavy atom. The molecule has 0 saturated carbocycles. The van der Waals surface area contributed by atoms with Gasteiger partial charge in [0.05, 0.1) is 57.7 Å². The van der Waals surface area contributed by atoms with Crippen LogP contribution in [0.3, 0.4) is 0 Å². The molecular weight excluding hydrogens is 629 g/mol. The number of para-hydroxylation sites is 2. The molecule has 0 aliphatic carbocycles. The molecular formula is C26H18N2O8S5. The Balaban J connectivity index is 1.60. The van der Waals surface area contributed by atoms with E-state index in [1.807, 2.05) is 36.4 Å². The highest BCUT2D eigenvalue weighted by atomic mass is 32.2. The van der Waals surface area contributed by atoms with Gasteiger partial charge in [-0.25, -0.2) is 29.1 Å². The van der Waals surface area contributed by atoms with E-state index in [-0.39, 0.29) is 19.6 Å². The van der Waals surface area contributed by atoms with Crippen molar-refractivity contribution >= 4 is 116 Å². The fraction of sp³-hybridized carbons (Fsp3) is 0.154. The Hall–Kier alpha value is -3.24. The summed E-state index contributed by atoms with van der Waals surface area (Å²) in [6.45, 7) is 0. The molecule has 15 heteroatoms. The number of thioether (sulfide) groups is 4. The van der Waals surface area contributed by atoms with Gasteiger partial charge in [0, 0.05) is 0 Å². The van der Waals surface area contributed by atoms with Crippen molar-refractivity contribution in [3.63, 3.8) is 0 Å². The van der Waals surface area contributed by atoms with Gasteiger partial charge in [-0.1, -0.05) is 59.2 Å². The van der Waals surface area contributed by atoms with E-state index in [1.54, 1.807) is 0 Å². The summed E-state index contributed by atoms with van der Waals surface area (Å²) >= 11 is 5.83. The lowest BCUT2D eigenvalue weighted by Gasteiger charge is -2.00. The summed E-state index contributed by atoms with van der Waals surface area (Å²) in [5, 5.41) is 0. The van der Waals surface area contributed by atoms with E-state index in [1.165, 1.54) is 39.8 Å². The summed E-state index contributed by atoms with van der Waals surface area (Å²) < 4.78 is 20.7. The van der Waals surface area contributed by atoms with Gasteiger partial charge in [-0.15, -0.1) is 11.3 Å². The molecule has 0 radical (unpaired) electrons. The van der Waals surface area contributed by atoms with Crippen LogP contribution in [0.15, 0.2) is 52.4 Å². The minimum atomic E-state index is -0.635. The predicted octanol–water partition coefficient (Wildman–Crippen LogP) is 5.52. The van der Waals surface area contributed by atoms with Crippen LogP contribution in [0.25, 0.3) is 34.2 Å². The molecule has 2 aromatic heterocycles. The maximum atomic E-state index is 12.3. The summed E-state index contributed by atoms with van der Waals surface area (Å²) in [6, 6.07) is 7.46. The Kier molecular flexibility index (Phi) is 8.79. The van der Waals surface area contributed by atoms with Crippen molar-refractivity contribution in [1.29, 1.82) is 0 Å². The molecule has 10 nitrogen and oxygen atoms in total. The zero-order valence-corrected chi connectivity index (χ0v) is 25.7. The molecule has 5 rings (SSSR count). The van der Waals surface area contributed by atoms with Crippen LogP contribution in [0.2, 0.25) is 0 Å². The number of aromatic nitrogens is 2. The van der Waals surface area contributed by atoms with E-state index in [0.29, 0.717) is 30.5 Å². The Morgan fingerprint density at radius 3 is 1.20 bits per heavy atom. The monoisotopic (exact) mass is 646 g/mol. The third-order valence-electron chi connectivity index (χ3n) is 5.46. The Bertz CT molecular complexity index is 1590. The molecule has 2 aliphatic rings. The smallest absolute Gasteiger partial charge is 0.346 e. The average molecular weight is 647 g/mol. The molecule has 0 unspecified atom stereocenters. The molecule has 3 aromatic rings.